The summed E-state index contributed by atoms with van der Waals surface area (Å²) in [6.45, 7) is -2.20. The van der Waals surface area contributed by atoms with E-state index in [0.717, 1.165) is 6.07 Å². The van der Waals surface area contributed by atoms with Gasteiger partial charge >= 0.3 is 6.61 Å². The van der Waals surface area contributed by atoms with E-state index in [-0.39, 0.29) is 17.9 Å². The van der Waals surface area contributed by atoms with Gasteiger partial charge in [0, 0.05) is 12.1 Å². The summed E-state index contributed by atoms with van der Waals surface area (Å²) in [5, 5.41) is 11.1. The summed E-state index contributed by atoms with van der Waals surface area (Å²) >= 11 is 0. The first kappa shape index (κ1) is 14.3. The molecule has 0 heterocycles. The number of amides is 1. The first-order chi connectivity index (χ1) is 8.41. The maximum absolute atomic E-state index is 13.4. The van der Waals surface area contributed by atoms with Crippen molar-refractivity contribution >= 4 is 5.91 Å². The summed E-state index contributed by atoms with van der Waals surface area (Å²) in [5.74, 6) is -1.86. The average Bonchev–Trinajstić information content (AvgIpc) is 2.27. The van der Waals surface area contributed by atoms with E-state index >= 15 is 0 Å². The molecule has 0 bridgehead atoms. The van der Waals surface area contributed by atoms with Crippen LogP contribution in [-0.2, 0) is 11.3 Å². The first-order valence-corrected chi connectivity index (χ1v) is 5.09. The molecule has 0 saturated heterocycles. The van der Waals surface area contributed by atoms with Crippen LogP contribution in [0.5, 0.6) is 5.75 Å². The van der Waals surface area contributed by atoms with Crippen LogP contribution in [0.1, 0.15) is 12.5 Å². The molecule has 0 aliphatic heterocycles. The molecule has 1 atom stereocenters. The van der Waals surface area contributed by atoms with Crippen LogP contribution in [0, 0.1) is 5.82 Å². The highest BCUT2D eigenvalue weighted by Gasteiger charge is 2.15. The first-order valence-electron chi connectivity index (χ1n) is 5.09. The summed E-state index contributed by atoms with van der Waals surface area (Å²) in [7, 11) is 0. The molecule has 0 aromatic heterocycles. The number of carbonyl (C=O) groups is 1. The monoisotopic (exact) mass is 263 g/mol. The Morgan fingerprint density at radius 1 is 1.50 bits per heavy atom. The highest BCUT2D eigenvalue weighted by atomic mass is 19.3. The Bertz CT molecular complexity index is 424. The minimum atomic E-state index is -3.09. The summed E-state index contributed by atoms with van der Waals surface area (Å²) in [6.07, 6.45) is -1.27. The van der Waals surface area contributed by atoms with Gasteiger partial charge in [-0.05, 0) is 19.1 Å². The summed E-state index contributed by atoms with van der Waals surface area (Å²) in [4.78, 5) is 11.1. The van der Waals surface area contributed by atoms with E-state index < -0.39 is 24.4 Å². The second kappa shape index (κ2) is 6.25. The highest BCUT2D eigenvalue weighted by molar-refractivity contribution is 5.80. The van der Waals surface area contributed by atoms with Gasteiger partial charge in [-0.15, -0.1) is 0 Å². The molecule has 1 aromatic carbocycles. The summed E-state index contributed by atoms with van der Waals surface area (Å²) in [6, 6.07) is 3.44. The number of benzene rings is 1. The molecule has 0 fully saturated rings. The highest BCUT2D eigenvalue weighted by Crippen LogP contribution is 2.23. The SMILES string of the molecule is CC(O)C(=O)NCc1c(F)cccc1OC(F)F. The molecule has 1 amide bonds. The molecule has 0 radical (unpaired) electrons. The van der Waals surface area contributed by atoms with Crippen molar-refractivity contribution in [1.29, 1.82) is 0 Å². The number of ether oxygens (including phenoxy) is 1. The minimum Gasteiger partial charge on any atom is -0.434 e. The van der Waals surface area contributed by atoms with Crippen LogP contribution in [0.2, 0.25) is 0 Å². The summed E-state index contributed by atoms with van der Waals surface area (Å²) < 4.78 is 41.7. The lowest BCUT2D eigenvalue weighted by Gasteiger charge is -2.13. The Morgan fingerprint density at radius 2 is 2.17 bits per heavy atom. The third-order valence-electron chi connectivity index (χ3n) is 2.11. The lowest BCUT2D eigenvalue weighted by atomic mass is 10.2. The van der Waals surface area contributed by atoms with Gasteiger partial charge in [0.2, 0.25) is 5.91 Å². The fourth-order valence-electron chi connectivity index (χ4n) is 1.24. The van der Waals surface area contributed by atoms with Crippen molar-refractivity contribution in [2.75, 3.05) is 0 Å². The Morgan fingerprint density at radius 3 is 2.72 bits per heavy atom. The smallest absolute Gasteiger partial charge is 0.387 e. The number of halogens is 3. The van der Waals surface area contributed by atoms with E-state index in [4.69, 9.17) is 5.11 Å². The molecule has 0 saturated carbocycles. The van der Waals surface area contributed by atoms with E-state index in [1.165, 1.54) is 19.1 Å². The van der Waals surface area contributed by atoms with E-state index in [2.05, 4.69) is 10.1 Å². The van der Waals surface area contributed by atoms with Gasteiger partial charge in [-0.3, -0.25) is 4.79 Å². The number of hydrogen-bond acceptors (Lipinski definition) is 3. The lowest BCUT2D eigenvalue weighted by molar-refractivity contribution is -0.128. The molecular weight excluding hydrogens is 251 g/mol. The average molecular weight is 263 g/mol. The van der Waals surface area contributed by atoms with E-state index in [9.17, 15) is 18.0 Å². The van der Waals surface area contributed by atoms with Crippen molar-refractivity contribution in [1.82, 2.24) is 5.32 Å². The zero-order valence-electron chi connectivity index (χ0n) is 9.49. The van der Waals surface area contributed by atoms with Gasteiger partial charge in [0.15, 0.2) is 0 Å². The Balaban J connectivity index is 2.82. The maximum atomic E-state index is 13.4. The minimum absolute atomic E-state index is 0.202. The van der Waals surface area contributed by atoms with Gasteiger partial charge in [0.05, 0.1) is 0 Å². The van der Waals surface area contributed by atoms with E-state index in [1.54, 1.807) is 0 Å². The standard InChI is InChI=1S/C11H12F3NO3/c1-6(16)10(17)15-5-7-8(12)3-2-4-9(7)18-11(13)14/h2-4,6,11,16H,5H2,1H3,(H,15,17). The van der Waals surface area contributed by atoms with Gasteiger partial charge in [0.25, 0.3) is 0 Å². The lowest BCUT2D eigenvalue weighted by Crippen LogP contribution is -2.32. The van der Waals surface area contributed by atoms with Crippen LogP contribution in [0.15, 0.2) is 18.2 Å². The number of carbonyl (C=O) groups excluding carboxylic acids is 1. The van der Waals surface area contributed by atoms with E-state index in [0.29, 0.717) is 0 Å². The van der Waals surface area contributed by atoms with Crippen LogP contribution < -0.4 is 10.1 Å². The van der Waals surface area contributed by atoms with Crippen LogP contribution in [-0.4, -0.2) is 23.7 Å². The van der Waals surface area contributed by atoms with Crippen LogP contribution >= 0.6 is 0 Å². The fourth-order valence-corrected chi connectivity index (χ4v) is 1.24. The number of aliphatic hydroxyl groups excluding tert-OH is 1. The van der Waals surface area contributed by atoms with Crippen molar-refractivity contribution in [2.45, 2.75) is 26.2 Å². The second-order valence-electron chi connectivity index (χ2n) is 3.49. The van der Waals surface area contributed by atoms with Crippen molar-refractivity contribution < 1.29 is 27.8 Å². The third-order valence-corrected chi connectivity index (χ3v) is 2.11. The quantitative estimate of drug-likeness (QED) is 0.844. The maximum Gasteiger partial charge on any atom is 0.387 e. The molecule has 100 valence electrons. The molecule has 1 unspecified atom stereocenters. The molecule has 4 nitrogen and oxygen atoms in total. The van der Waals surface area contributed by atoms with Crippen molar-refractivity contribution in [3.8, 4) is 5.75 Å². The van der Waals surface area contributed by atoms with Gasteiger partial charge in [-0.1, -0.05) is 6.07 Å². The molecule has 2 N–H and O–H groups in total. The predicted molar refractivity (Wildman–Crippen MR) is 56.6 cm³/mol. The molecule has 18 heavy (non-hydrogen) atoms. The molecule has 0 aliphatic carbocycles. The molecule has 1 rings (SSSR count). The van der Waals surface area contributed by atoms with Crippen LogP contribution in [0.25, 0.3) is 0 Å². The topological polar surface area (TPSA) is 58.6 Å². The number of nitrogens with one attached hydrogen (secondary N) is 1. The molecule has 0 aliphatic rings. The van der Waals surface area contributed by atoms with Crippen molar-refractivity contribution in [3.05, 3.63) is 29.6 Å². The number of alkyl halides is 2. The van der Waals surface area contributed by atoms with Crippen LogP contribution in [0.3, 0.4) is 0 Å². The third kappa shape index (κ3) is 3.92. The van der Waals surface area contributed by atoms with E-state index in [1.807, 2.05) is 0 Å². The molecule has 7 heteroatoms. The molecular formula is C11H12F3NO3. The molecule has 1 aromatic rings. The van der Waals surface area contributed by atoms with Crippen LogP contribution in [0.4, 0.5) is 13.2 Å². The normalized spacial score (nSPS) is 12.3. The van der Waals surface area contributed by atoms with Gasteiger partial charge in [-0.2, -0.15) is 8.78 Å². The second-order valence-corrected chi connectivity index (χ2v) is 3.49. The summed E-state index contributed by atoms with van der Waals surface area (Å²) in [5.41, 5.74) is -0.202. The van der Waals surface area contributed by atoms with Crippen molar-refractivity contribution in [2.24, 2.45) is 0 Å². The zero-order chi connectivity index (χ0) is 13.7. The Labute approximate surface area is 101 Å². The predicted octanol–water partition coefficient (Wildman–Crippen LogP) is 1.42. The Hall–Kier alpha value is -1.76. The largest absolute Gasteiger partial charge is 0.434 e. The zero-order valence-corrected chi connectivity index (χ0v) is 9.49. The molecule has 0 spiro atoms. The number of rotatable bonds is 5. The fraction of sp³-hybridized carbons (Fsp3) is 0.364. The van der Waals surface area contributed by atoms with Crippen molar-refractivity contribution in [3.63, 3.8) is 0 Å². The number of hydrogen-bond donors (Lipinski definition) is 2. The van der Waals surface area contributed by atoms with Gasteiger partial charge in [-0.25, -0.2) is 4.39 Å². The van der Waals surface area contributed by atoms with Gasteiger partial charge in [0.1, 0.15) is 17.7 Å². The van der Waals surface area contributed by atoms with Gasteiger partial charge < -0.3 is 15.2 Å². The number of aliphatic hydroxyl groups is 1. The Kier molecular flexibility index (Phi) is 4.96.